The van der Waals surface area contributed by atoms with Gasteiger partial charge in [0.1, 0.15) is 0 Å². The Morgan fingerprint density at radius 3 is 2.82 bits per heavy atom. The fourth-order valence-electron chi connectivity index (χ4n) is 1.22. The maximum absolute atomic E-state index is 4.42. The zero-order valence-corrected chi connectivity index (χ0v) is 7.70. The quantitative estimate of drug-likeness (QED) is 0.587. The Labute approximate surface area is 69.5 Å². The van der Waals surface area contributed by atoms with Crippen LogP contribution in [0.4, 0.5) is 0 Å². The second kappa shape index (κ2) is 2.08. The van der Waals surface area contributed by atoms with Crippen molar-refractivity contribution in [3.63, 3.8) is 0 Å². The van der Waals surface area contributed by atoms with Crippen LogP contribution in [0.2, 0.25) is 0 Å². The van der Waals surface area contributed by atoms with E-state index in [0.29, 0.717) is 0 Å². The van der Waals surface area contributed by atoms with E-state index in [1.165, 1.54) is 10.4 Å². The Bertz CT molecular complexity index is 397. The molecule has 0 aliphatic heterocycles. The SMILES string of the molecule is Cc1nc2c(cc(C)n2C)s1. The largest absolute Gasteiger partial charge is 0.332 e. The number of hydrogen-bond donors (Lipinski definition) is 0. The van der Waals surface area contributed by atoms with Crippen LogP contribution in [0.15, 0.2) is 6.07 Å². The van der Waals surface area contributed by atoms with Gasteiger partial charge in [-0.15, -0.1) is 11.3 Å². The van der Waals surface area contributed by atoms with Crippen molar-refractivity contribution in [3.05, 3.63) is 16.8 Å². The van der Waals surface area contributed by atoms with Crippen LogP contribution < -0.4 is 0 Å². The van der Waals surface area contributed by atoms with Crippen LogP contribution in [0.5, 0.6) is 0 Å². The van der Waals surface area contributed by atoms with Crippen LogP contribution in [-0.2, 0) is 7.05 Å². The Hall–Kier alpha value is -0.830. The first-order valence-electron chi connectivity index (χ1n) is 3.58. The predicted octanol–water partition coefficient (Wildman–Crippen LogP) is 2.25. The van der Waals surface area contributed by atoms with Crippen LogP contribution in [-0.4, -0.2) is 9.55 Å². The molecule has 0 fully saturated rings. The van der Waals surface area contributed by atoms with Gasteiger partial charge < -0.3 is 4.57 Å². The van der Waals surface area contributed by atoms with Crippen molar-refractivity contribution in [3.8, 4) is 0 Å². The van der Waals surface area contributed by atoms with Crippen molar-refractivity contribution in [1.29, 1.82) is 0 Å². The highest BCUT2D eigenvalue weighted by molar-refractivity contribution is 7.18. The van der Waals surface area contributed by atoms with E-state index in [9.17, 15) is 0 Å². The van der Waals surface area contributed by atoms with Gasteiger partial charge in [-0.2, -0.15) is 0 Å². The summed E-state index contributed by atoms with van der Waals surface area (Å²) < 4.78 is 3.42. The topological polar surface area (TPSA) is 17.8 Å². The van der Waals surface area contributed by atoms with Crippen LogP contribution in [0, 0.1) is 13.8 Å². The molecule has 58 valence electrons. The number of hydrogen-bond acceptors (Lipinski definition) is 2. The zero-order chi connectivity index (χ0) is 8.01. The summed E-state index contributed by atoms with van der Waals surface area (Å²) in [6, 6.07) is 2.18. The molecule has 0 amide bonds. The van der Waals surface area contributed by atoms with Gasteiger partial charge in [0.25, 0.3) is 0 Å². The monoisotopic (exact) mass is 166 g/mol. The molecule has 0 unspecified atom stereocenters. The average molecular weight is 166 g/mol. The van der Waals surface area contributed by atoms with E-state index >= 15 is 0 Å². The molecule has 0 saturated heterocycles. The molecule has 2 heterocycles. The number of aromatic nitrogens is 2. The van der Waals surface area contributed by atoms with Gasteiger partial charge in [0.05, 0.1) is 9.71 Å². The minimum Gasteiger partial charge on any atom is -0.332 e. The van der Waals surface area contributed by atoms with Gasteiger partial charge in [0.15, 0.2) is 5.65 Å². The second-order valence-corrected chi connectivity index (χ2v) is 4.00. The van der Waals surface area contributed by atoms with Crippen LogP contribution in [0.25, 0.3) is 10.3 Å². The maximum atomic E-state index is 4.42. The Morgan fingerprint density at radius 1 is 1.45 bits per heavy atom. The zero-order valence-electron chi connectivity index (χ0n) is 6.88. The van der Waals surface area contributed by atoms with Crippen LogP contribution in [0.3, 0.4) is 0 Å². The molecule has 2 aromatic heterocycles. The molecule has 0 saturated carbocycles. The standard InChI is InChI=1S/C8H10N2S/c1-5-4-7-8(10(5)3)9-6(2)11-7/h4H,1-3H3. The highest BCUT2D eigenvalue weighted by atomic mass is 32.1. The Balaban J connectivity index is 2.88. The predicted molar refractivity (Wildman–Crippen MR) is 48.1 cm³/mol. The minimum absolute atomic E-state index is 1.12. The van der Waals surface area contributed by atoms with Crippen LogP contribution in [0.1, 0.15) is 10.7 Å². The van der Waals surface area contributed by atoms with Gasteiger partial charge in [-0.25, -0.2) is 4.98 Å². The van der Waals surface area contributed by atoms with Gasteiger partial charge in [0, 0.05) is 12.7 Å². The van der Waals surface area contributed by atoms with Gasteiger partial charge in [0.2, 0.25) is 0 Å². The van der Waals surface area contributed by atoms with E-state index in [1.807, 2.05) is 6.92 Å². The first kappa shape index (κ1) is 6.85. The lowest BCUT2D eigenvalue weighted by Crippen LogP contribution is -1.89. The van der Waals surface area contributed by atoms with Crippen molar-refractivity contribution in [1.82, 2.24) is 9.55 Å². The number of thiazole rings is 1. The molecule has 0 radical (unpaired) electrons. The summed E-state index contributed by atoms with van der Waals surface area (Å²) in [5.74, 6) is 0. The lowest BCUT2D eigenvalue weighted by molar-refractivity contribution is 0.901. The fraction of sp³-hybridized carbons (Fsp3) is 0.375. The van der Waals surface area contributed by atoms with E-state index in [2.05, 4.69) is 29.6 Å². The molecule has 11 heavy (non-hydrogen) atoms. The molecule has 0 bridgehead atoms. The van der Waals surface area contributed by atoms with E-state index in [1.54, 1.807) is 11.3 Å². The number of nitrogens with zero attached hydrogens (tertiary/aromatic N) is 2. The number of aryl methyl sites for hydroxylation is 3. The van der Waals surface area contributed by atoms with Gasteiger partial charge in [-0.1, -0.05) is 0 Å². The third-order valence-electron chi connectivity index (χ3n) is 1.93. The maximum Gasteiger partial charge on any atom is 0.151 e. The van der Waals surface area contributed by atoms with E-state index in [0.717, 1.165) is 10.7 Å². The number of rotatable bonds is 0. The van der Waals surface area contributed by atoms with Gasteiger partial charge in [-0.05, 0) is 19.9 Å². The van der Waals surface area contributed by atoms with Crippen molar-refractivity contribution >= 4 is 21.7 Å². The Morgan fingerprint density at radius 2 is 2.18 bits per heavy atom. The molecule has 2 rings (SSSR count). The average Bonchev–Trinajstić information content (AvgIpc) is 2.37. The number of fused-ring (bicyclic) bond motifs is 1. The molecule has 2 nitrogen and oxygen atoms in total. The molecule has 0 atom stereocenters. The lowest BCUT2D eigenvalue weighted by Gasteiger charge is -1.93. The first-order valence-corrected chi connectivity index (χ1v) is 4.39. The molecule has 0 aromatic carbocycles. The van der Waals surface area contributed by atoms with E-state index in [4.69, 9.17) is 0 Å². The Kier molecular flexibility index (Phi) is 1.29. The molecular weight excluding hydrogens is 156 g/mol. The minimum atomic E-state index is 1.12. The highest BCUT2D eigenvalue weighted by Gasteiger charge is 2.05. The van der Waals surface area contributed by atoms with Crippen molar-refractivity contribution in [2.75, 3.05) is 0 Å². The van der Waals surface area contributed by atoms with Gasteiger partial charge >= 0.3 is 0 Å². The highest BCUT2D eigenvalue weighted by Crippen LogP contribution is 2.23. The molecule has 0 N–H and O–H groups in total. The molecule has 0 aliphatic rings. The molecular formula is C8H10N2S. The summed E-state index contributed by atoms with van der Waals surface area (Å²) in [5.41, 5.74) is 2.39. The van der Waals surface area contributed by atoms with Crippen LogP contribution >= 0.6 is 11.3 Å². The smallest absolute Gasteiger partial charge is 0.151 e. The molecule has 0 spiro atoms. The molecule has 2 aromatic rings. The second-order valence-electron chi connectivity index (χ2n) is 2.77. The summed E-state index contributed by atoms with van der Waals surface area (Å²) >= 11 is 1.76. The molecule has 0 aliphatic carbocycles. The molecule has 3 heteroatoms. The fourth-order valence-corrected chi connectivity index (χ4v) is 2.17. The summed E-state index contributed by atoms with van der Waals surface area (Å²) in [4.78, 5) is 4.42. The summed E-state index contributed by atoms with van der Waals surface area (Å²) in [7, 11) is 2.05. The first-order chi connectivity index (χ1) is 5.18. The third kappa shape index (κ3) is 0.878. The van der Waals surface area contributed by atoms with E-state index in [-0.39, 0.29) is 0 Å². The normalized spacial score (nSPS) is 11.2. The lowest BCUT2D eigenvalue weighted by atomic mass is 10.5. The summed E-state index contributed by atoms with van der Waals surface area (Å²) in [5, 5.41) is 1.14. The summed E-state index contributed by atoms with van der Waals surface area (Å²) in [6.45, 7) is 4.14. The van der Waals surface area contributed by atoms with E-state index < -0.39 is 0 Å². The summed E-state index contributed by atoms with van der Waals surface area (Å²) in [6.07, 6.45) is 0. The van der Waals surface area contributed by atoms with Crippen molar-refractivity contribution in [2.45, 2.75) is 13.8 Å². The third-order valence-corrected chi connectivity index (χ3v) is 2.84. The van der Waals surface area contributed by atoms with Gasteiger partial charge in [-0.3, -0.25) is 0 Å². The van der Waals surface area contributed by atoms with Crippen molar-refractivity contribution in [2.24, 2.45) is 7.05 Å². The van der Waals surface area contributed by atoms with Crippen molar-refractivity contribution < 1.29 is 0 Å².